The number of aromatic amines is 1. The second-order valence-corrected chi connectivity index (χ2v) is 8.17. The number of carbonyl (C=O) groups is 1. The highest BCUT2D eigenvalue weighted by Crippen LogP contribution is 2.39. The molecule has 1 aliphatic rings. The fourth-order valence-electron chi connectivity index (χ4n) is 2.94. The van der Waals surface area contributed by atoms with Crippen LogP contribution < -0.4 is 5.32 Å². The van der Waals surface area contributed by atoms with Crippen molar-refractivity contribution >= 4 is 28.9 Å². The van der Waals surface area contributed by atoms with Gasteiger partial charge in [0.15, 0.2) is 17.5 Å². The Kier molecular flexibility index (Phi) is 5.79. The van der Waals surface area contributed by atoms with Crippen molar-refractivity contribution in [3.63, 3.8) is 0 Å². The van der Waals surface area contributed by atoms with Crippen LogP contribution in [0.25, 0.3) is 10.7 Å². The van der Waals surface area contributed by atoms with Crippen LogP contribution in [0.4, 0.5) is 11.6 Å². The molecule has 0 spiro atoms. The van der Waals surface area contributed by atoms with Crippen molar-refractivity contribution in [2.24, 2.45) is 0 Å². The van der Waals surface area contributed by atoms with E-state index in [0.717, 1.165) is 15.4 Å². The van der Waals surface area contributed by atoms with Gasteiger partial charge in [-0.25, -0.2) is 9.97 Å². The van der Waals surface area contributed by atoms with Crippen LogP contribution in [0.2, 0.25) is 0 Å². The lowest BCUT2D eigenvalue weighted by Crippen LogP contribution is -2.05. The van der Waals surface area contributed by atoms with E-state index in [0.29, 0.717) is 35.4 Å². The molecule has 0 radical (unpaired) electrons. The number of esters is 1. The van der Waals surface area contributed by atoms with Gasteiger partial charge in [0, 0.05) is 47.8 Å². The average molecular weight is 432 g/mol. The van der Waals surface area contributed by atoms with E-state index in [-0.39, 0.29) is 18.3 Å². The molecule has 0 aliphatic heterocycles. The van der Waals surface area contributed by atoms with Gasteiger partial charge in [-0.15, -0.1) is 17.8 Å². The summed E-state index contributed by atoms with van der Waals surface area (Å²) in [6, 6.07) is 5.64. The molecule has 3 heterocycles. The number of H-pyrrole nitrogens is 1. The molecule has 4 rings (SSSR count). The Labute approximate surface area is 183 Å². The first-order valence-electron chi connectivity index (χ1n) is 9.61. The second kappa shape index (κ2) is 8.65. The molecule has 0 aromatic carbocycles. The number of nitrogens with zero attached hydrogens (tertiary/aromatic N) is 3. The zero-order chi connectivity index (χ0) is 21.1. The maximum Gasteiger partial charge on any atom is 0.302 e. The predicted molar refractivity (Wildman–Crippen MR) is 122 cm³/mol. The molecule has 8 nitrogen and oxygen atoms in total. The van der Waals surface area contributed by atoms with Crippen LogP contribution >= 0.6 is 11.3 Å². The maximum atomic E-state index is 10.9. The molecule has 30 heavy (non-hydrogen) atoms. The van der Waals surface area contributed by atoms with Crippen LogP contribution in [0.1, 0.15) is 60.0 Å². The van der Waals surface area contributed by atoms with Gasteiger partial charge in [-0.1, -0.05) is 5.92 Å². The van der Waals surface area contributed by atoms with Crippen molar-refractivity contribution in [1.82, 2.24) is 20.2 Å². The Morgan fingerprint density at radius 3 is 3.10 bits per heavy atom. The summed E-state index contributed by atoms with van der Waals surface area (Å²) in [6.07, 6.45) is 9.16. The van der Waals surface area contributed by atoms with Crippen LogP contribution in [0, 0.1) is 12.3 Å². The van der Waals surface area contributed by atoms with E-state index in [1.807, 2.05) is 18.2 Å². The number of carbonyl (C=O) groups excluding carboxylic acids is 1. The summed E-state index contributed by atoms with van der Waals surface area (Å²) in [7, 11) is 0. The van der Waals surface area contributed by atoms with Crippen molar-refractivity contribution in [2.75, 3.05) is 11.9 Å². The van der Waals surface area contributed by atoms with Crippen molar-refractivity contribution < 1.29 is 20.3 Å². The molecule has 1 unspecified atom stereocenters. The minimum atomic E-state index is -0.726. The average Bonchev–Trinajstić information content (AvgIpc) is 3.27. The molecule has 0 bridgehead atoms. The van der Waals surface area contributed by atoms with Gasteiger partial charge in [0.2, 0.25) is 0 Å². The van der Waals surface area contributed by atoms with E-state index in [1.165, 1.54) is 31.1 Å². The molecule has 9 heteroatoms. The van der Waals surface area contributed by atoms with Gasteiger partial charge in [0.1, 0.15) is 0 Å². The van der Waals surface area contributed by atoms with E-state index in [4.69, 9.17) is 11.2 Å². The number of aromatic nitrogens is 4. The molecule has 1 aliphatic carbocycles. The van der Waals surface area contributed by atoms with Crippen LogP contribution in [-0.2, 0) is 9.53 Å². The highest BCUT2D eigenvalue weighted by Gasteiger charge is 2.25. The van der Waals surface area contributed by atoms with Crippen LogP contribution in [-0.4, -0.2) is 37.8 Å². The van der Waals surface area contributed by atoms with Gasteiger partial charge in [-0.2, -0.15) is 5.10 Å². The fourth-order valence-corrected chi connectivity index (χ4v) is 3.91. The topological polar surface area (TPSA) is 113 Å². The number of hydrogen-bond acceptors (Lipinski definition) is 8. The highest BCUT2D eigenvalue weighted by molar-refractivity contribution is 7.15. The number of rotatable bonds is 8. The molecule has 162 valence electrons. The van der Waals surface area contributed by atoms with E-state index < -0.39 is 6.10 Å². The third-order valence-electron chi connectivity index (χ3n) is 4.68. The summed E-state index contributed by atoms with van der Waals surface area (Å²) >= 11 is 1.38. The Hall–Kier alpha value is -3.22. The summed E-state index contributed by atoms with van der Waals surface area (Å²) < 4.78 is 4.89. The number of aliphatic hydroxyl groups is 1. The molecule has 3 aromatic rings. The first-order valence-corrected chi connectivity index (χ1v) is 10.4. The molecular weight excluding hydrogens is 402 g/mol. The smallest absolute Gasteiger partial charge is 0.302 e. The zero-order valence-electron chi connectivity index (χ0n) is 16.4. The standard InChI is InChI=1S/C21H21N5O3S.4H2/c1-3-13-11-22-21(18-7-6-17(30-18)16(28)8-9-29-12(2)27)24-20(13)23-19-10-15(25-26-19)14-4-5-14;;;;/h1,6-7,10-11,14,16,28H,4-5,8-9H2,2H3,(H2,22,23,24,25,26);4*1H. The SMILES string of the molecule is C#Cc1cnc(-c2ccc(C(O)CCOC(C)=O)s2)nc1Nc1cc(C2CC2)[nH]n1.[HH].[HH].[HH].[HH]. The third kappa shape index (κ3) is 4.67. The van der Waals surface area contributed by atoms with E-state index in [9.17, 15) is 9.90 Å². The summed E-state index contributed by atoms with van der Waals surface area (Å²) in [6.45, 7) is 1.51. The van der Waals surface area contributed by atoms with Gasteiger partial charge in [0.05, 0.1) is 23.2 Å². The minimum absolute atomic E-state index is 0. The lowest BCUT2D eigenvalue weighted by Gasteiger charge is -2.08. The Morgan fingerprint density at radius 2 is 2.37 bits per heavy atom. The van der Waals surface area contributed by atoms with Crippen LogP contribution in [0.15, 0.2) is 24.4 Å². The summed E-state index contributed by atoms with van der Waals surface area (Å²) in [5.74, 6) is 4.45. The largest absolute Gasteiger partial charge is 0.466 e. The van der Waals surface area contributed by atoms with Gasteiger partial charge in [-0.05, 0) is 25.0 Å². The molecular formula is C21H29N5O3S. The summed E-state index contributed by atoms with van der Waals surface area (Å²) in [5.41, 5.74) is 1.65. The maximum absolute atomic E-state index is 10.9. The van der Waals surface area contributed by atoms with Crippen molar-refractivity contribution in [3.8, 4) is 23.0 Å². The number of hydrogen-bond donors (Lipinski definition) is 3. The van der Waals surface area contributed by atoms with E-state index in [1.54, 1.807) is 6.20 Å². The monoisotopic (exact) mass is 431 g/mol. The molecule has 3 N–H and O–H groups in total. The molecule has 1 atom stereocenters. The van der Waals surface area contributed by atoms with Gasteiger partial charge < -0.3 is 15.2 Å². The number of anilines is 2. The second-order valence-electron chi connectivity index (χ2n) is 7.05. The summed E-state index contributed by atoms with van der Waals surface area (Å²) in [5, 5.41) is 20.8. The van der Waals surface area contributed by atoms with Crippen LogP contribution in [0.5, 0.6) is 0 Å². The Bertz CT molecular complexity index is 1110. The van der Waals surface area contributed by atoms with Crippen molar-refractivity contribution in [1.29, 1.82) is 0 Å². The number of ether oxygens (including phenoxy) is 1. The van der Waals surface area contributed by atoms with E-state index in [2.05, 4.69) is 31.4 Å². The molecule has 1 fully saturated rings. The first-order chi connectivity index (χ1) is 14.5. The van der Waals surface area contributed by atoms with Gasteiger partial charge in [0.25, 0.3) is 0 Å². The highest BCUT2D eigenvalue weighted by atomic mass is 32.1. The quantitative estimate of drug-likeness (QED) is 0.355. The number of thiophene rings is 1. The molecule has 0 saturated heterocycles. The third-order valence-corrected chi connectivity index (χ3v) is 5.86. The first kappa shape index (κ1) is 20.1. The Balaban J connectivity index is 0.00000272. The lowest BCUT2D eigenvalue weighted by atomic mass is 10.2. The predicted octanol–water partition coefficient (Wildman–Crippen LogP) is 4.50. The fraction of sp³-hybridized carbons (Fsp3) is 0.333. The van der Waals surface area contributed by atoms with Crippen molar-refractivity contribution in [2.45, 2.75) is 38.2 Å². The molecule has 1 saturated carbocycles. The molecule has 0 amide bonds. The number of aliphatic hydroxyl groups excluding tert-OH is 1. The normalized spacial score (nSPS) is 14.2. The minimum Gasteiger partial charge on any atom is -0.466 e. The number of nitrogens with one attached hydrogen (secondary N) is 2. The summed E-state index contributed by atoms with van der Waals surface area (Å²) in [4.78, 5) is 21.3. The zero-order valence-corrected chi connectivity index (χ0v) is 17.2. The van der Waals surface area contributed by atoms with E-state index >= 15 is 0 Å². The Morgan fingerprint density at radius 1 is 1.53 bits per heavy atom. The van der Waals surface area contributed by atoms with Crippen LogP contribution in [0.3, 0.4) is 0 Å². The van der Waals surface area contributed by atoms with Gasteiger partial charge >= 0.3 is 5.97 Å². The lowest BCUT2D eigenvalue weighted by molar-refractivity contribution is -0.141. The van der Waals surface area contributed by atoms with Gasteiger partial charge in [-0.3, -0.25) is 9.89 Å². The number of terminal acetylenes is 1. The molecule has 3 aromatic heterocycles. The van der Waals surface area contributed by atoms with Crippen molar-refractivity contribution in [3.05, 3.63) is 40.5 Å².